The molecule has 3 heterocycles. The summed E-state index contributed by atoms with van der Waals surface area (Å²) >= 11 is 5.86. The molecule has 3 aromatic rings. The third-order valence-electron chi connectivity index (χ3n) is 6.72. The van der Waals surface area contributed by atoms with Crippen molar-refractivity contribution in [2.45, 2.75) is 25.8 Å². The fourth-order valence-corrected chi connectivity index (χ4v) is 5.00. The average Bonchev–Trinajstić information content (AvgIpc) is 3.11. The number of hydrogen-bond acceptors (Lipinski definition) is 6. The molecule has 0 radical (unpaired) electrons. The van der Waals surface area contributed by atoms with Crippen molar-refractivity contribution < 1.29 is 18.7 Å². The monoisotopic (exact) mass is 489 g/mol. The Bertz CT molecular complexity index is 1400. The maximum Gasteiger partial charge on any atom is 0.356 e. The predicted molar refractivity (Wildman–Crippen MR) is 124 cm³/mol. The number of aromatic nitrogens is 3. The highest BCUT2D eigenvalue weighted by molar-refractivity contribution is 6.29. The number of piperidine rings is 1. The van der Waals surface area contributed by atoms with Crippen LogP contribution in [0.1, 0.15) is 34.6 Å². The van der Waals surface area contributed by atoms with E-state index in [1.165, 1.54) is 16.7 Å². The molecule has 0 bridgehead atoms. The van der Waals surface area contributed by atoms with Crippen molar-refractivity contribution in [2.24, 2.45) is 18.9 Å². The number of carboxylic acids is 1. The molecule has 2 aliphatic rings. The summed E-state index contributed by atoms with van der Waals surface area (Å²) < 4.78 is 28.8. The first-order valence-electron chi connectivity index (χ1n) is 10.8. The van der Waals surface area contributed by atoms with E-state index in [4.69, 9.17) is 16.6 Å². The molecule has 2 fully saturated rings. The first kappa shape index (κ1) is 22.5. The van der Waals surface area contributed by atoms with E-state index in [1.54, 1.807) is 18.0 Å². The van der Waals surface area contributed by atoms with Gasteiger partial charge < -0.3 is 15.3 Å². The van der Waals surface area contributed by atoms with Gasteiger partial charge in [-0.1, -0.05) is 17.7 Å². The van der Waals surface area contributed by atoms with Crippen LogP contribution in [0.15, 0.2) is 29.1 Å². The van der Waals surface area contributed by atoms with E-state index in [2.05, 4.69) is 10.3 Å². The molecule has 178 valence electrons. The normalized spacial score (nSPS) is 21.4. The summed E-state index contributed by atoms with van der Waals surface area (Å²) in [5, 5.41) is 13.1. The number of carboxylic acid groups (broad SMARTS) is 1. The van der Waals surface area contributed by atoms with Gasteiger partial charge >= 0.3 is 5.97 Å². The van der Waals surface area contributed by atoms with E-state index in [9.17, 15) is 23.5 Å². The number of aryl methyl sites for hydroxylation is 1. The summed E-state index contributed by atoms with van der Waals surface area (Å²) in [7, 11) is 1.59. The minimum Gasteiger partial charge on any atom is -0.476 e. The third kappa shape index (κ3) is 3.48. The number of benzene rings is 1. The third-order valence-corrected chi connectivity index (χ3v) is 6.93. The highest BCUT2D eigenvalue weighted by Crippen LogP contribution is 2.59. The van der Waals surface area contributed by atoms with E-state index >= 15 is 0 Å². The molecule has 34 heavy (non-hydrogen) atoms. The number of carbonyl (C=O) groups is 1. The highest BCUT2D eigenvalue weighted by atomic mass is 35.5. The Morgan fingerprint density at radius 3 is 2.59 bits per heavy atom. The van der Waals surface area contributed by atoms with Gasteiger partial charge in [-0.3, -0.25) is 9.36 Å². The molecule has 1 saturated heterocycles. The molecule has 3 atom stereocenters. The van der Waals surface area contributed by atoms with Crippen molar-refractivity contribution in [3.63, 3.8) is 0 Å². The van der Waals surface area contributed by atoms with Crippen LogP contribution in [0.2, 0.25) is 5.15 Å². The van der Waals surface area contributed by atoms with Crippen LogP contribution in [-0.4, -0.2) is 44.6 Å². The number of pyridine rings is 1. The maximum atomic E-state index is 13.7. The summed E-state index contributed by atoms with van der Waals surface area (Å²) in [5.41, 5.74) is 1.72. The average molecular weight is 490 g/mol. The van der Waals surface area contributed by atoms with Gasteiger partial charge in [0.05, 0.1) is 34.5 Å². The van der Waals surface area contributed by atoms with E-state index in [0.717, 1.165) is 5.56 Å². The number of anilines is 2. The van der Waals surface area contributed by atoms with Gasteiger partial charge in [-0.15, -0.1) is 0 Å². The summed E-state index contributed by atoms with van der Waals surface area (Å²) in [5.74, 6) is -4.93. The largest absolute Gasteiger partial charge is 0.476 e. The van der Waals surface area contributed by atoms with Gasteiger partial charge in [0.25, 0.3) is 11.5 Å². The van der Waals surface area contributed by atoms with Crippen molar-refractivity contribution in [2.75, 3.05) is 23.3 Å². The lowest BCUT2D eigenvalue weighted by Gasteiger charge is -2.25. The quantitative estimate of drug-likeness (QED) is 0.525. The van der Waals surface area contributed by atoms with Crippen LogP contribution in [0.4, 0.5) is 20.4 Å². The van der Waals surface area contributed by atoms with E-state index in [-0.39, 0.29) is 35.2 Å². The van der Waals surface area contributed by atoms with Crippen molar-refractivity contribution in [1.29, 1.82) is 0 Å². The molecule has 5 rings (SSSR count). The van der Waals surface area contributed by atoms with Gasteiger partial charge in [-0.25, -0.2) is 23.5 Å². The summed E-state index contributed by atoms with van der Waals surface area (Å²) in [6.07, 6.45) is 0. The van der Waals surface area contributed by atoms with Gasteiger partial charge in [0.2, 0.25) is 5.95 Å². The topological polar surface area (TPSA) is 100 Å². The van der Waals surface area contributed by atoms with Crippen molar-refractivity contribution in [1.82, 2.24) is 14.5 Å². The molecule has 8 nitrogen and oxygen atoms in total. The second kappa shape index (κ2) is 7.63. The van der Waals surface area contributed by atoms with Crippen LogP contribution in [0.3, 0.4) is 0 Å². The lowest BCUT2D eigenvalue weighted by molar-refractivity contribution is 0.0691. The van der Waals surface area contributed by atoms with Crippen LogP contribution in [0, 0.1) is 18.8 Å². The first-order chi connectivity index (χ1) is 16.0. The minimum atomic E-state index is -2.64. The maximum absolute atomic E-state index is 13.7. The Hall–Kier alpha value is -3.27. The van der Waals surface area contributed by atoms with E-state index in [0.29, 0.717) is 22.4 Å². The van der Waals surface area contributed by atoms with Gasteiger partial charge in [0, 0.05) is 25.7 Å². The highest BCUT2D eigenvalue weighted by Gasteiger charge is 2.72. The van der Waals surface area contributed by atoms with E-state index < -0.39 is 29.8 Å². The molecule has 0 spiro atoms. The van der Waals surface area contributed by atoms with Crippen molar-refractivity contribution in [3.8, 4) is 0 Å². The molecule has 11 heteroatoms. The van der Waals surface area contributed by atoms with Crippen molar-refractivity contribution in [3.05, 3.63) is 56.6 Å². The first-order valence-corrected chi connectivity index (χ1v) is 11.2. The van der Waals surface area contributed by atoms with Crippen LogP contribution in [-0.2, 0) is 7.05 Å². The molecule has 1 aliphatic heterocycles. The fraction of sp³-hybridized carbons (Fsp3) is 0.391. The van der Waals surface area contributed by atoms with Gasteiger partial charge in [0.15, 0.2) is 5.69 Å². The second-order valence-electron chi connectivity index (χ2n) is 9.02. The smallest absolute Gasteiger partial charge is 0.356 e. The lowest BCUT2D eigenvalue weighted by Crippen LogP contribution is -2.34. The molecule has 2 aromatic heterocycles. The van der Waals surface area contributed by atoms with Gasteiger partial charge in [-0.05, 0) is 37.6 Å². The SMILES string of the molecule is Cc1cc(C(C)Nc2ccc(Cl)nc2C(=O)O)c2nc(N3CC4C(C3)C4(F)F)n(C)c(=O)c2c1. The zero-order valence-electron chi connectivity index (χ0n) is 18.6. The Balaban J connectivity index is 1.57. The molecule has 1 aliphatic carbocycles. The molecular weight excluding hydrogens is 468 g/mol. The Kier molecular flexibility index (Phi) is 5.05. The van der Waals surface area contributed by atoms with Gasteiger partial charge in [-0.2, -0.15) is 0 Å². The van der Waals surface area contributed by atoms with Crippen LogP contribution >= 0.6 is 11.6 Å². The summed E-state index contributed by atoms with van der Waals surface area (Å²) in [4.78, 5) is 35.2. The lowest BCUT2D eigenvalue weighted by atomic mass is 10.0. The number of hydrogen-bond donors (Lipinski definition) is 2. The molecule has 3 unspecified atom stereocenters. The van der Waals surface area contributed by atoms with Crippen LogP contribution in [0.25, 0.3) is 10.9 Å². The molecule has 1 aromatic carbocycles. The Morgan fingerprint density at radius 2 is 1.94 bits per heavy atom. The summed E-state index contributed by atoms with van der Waals surface area (Å²) in [6, 6.07) is 6.18. The number of fused-ring (bicyclic) bond motifs is 2. The van der Waals surface area contributed by atoms with E-state index in [1.807, 2.05) is 19.9 Å². The zero-order valence-corrected chi connectivity index (χ0v) is 19.4. The number of rotatable bonds is 5. The van der Waals surface area contributed by atoms with Crippen LogP contribution < -0.4 is 15.8 Å². The Morgan fingerprint density at radius 1 is 1.26 bits per heavy atom. The number of halogens is 3. The number of aromatic carboxylic acids is 1. The van der Waals surface area contributed by atoms with Crippen LogP contribution in [0.5, 0.6) is 0 Å². The minimum absolute atomic E-state index is 0.0562. The Labute approximate surface area is 198 Å². The summed E-state index contributed by atoms with van der Waals surface area (Å²) in [6.45, 7) is 3.97. The molecular formula is C23H22ClF2N5O3. The molecule has 1 saturated carbocycles. The number of alkyl halides is 2. The zero-order chi connectivity index (χ0) is 24.5. The number of nitrogens with zero attached hydrogens (tertiary/aromatic N) is 4. The second-order valence-corrected chi connectivity index (χ2v) is 9.41. The van der Waals surface area contributed by atoms with Crippen molar-refractivity contribution >= 4 is 40.1 Å². The number of nitrogens with one attached hydrogen (secondary N) is 1. The molecule has 2 N–H and O–H groups in total. The molecule has 0 amide bonds. The van der Waals surface area contributed by atoms with Gasteiger partial charge in [0.1, 0.15) is 5.15 Å². The standard InChI is InChI=1S/C23H22ClF2N5O3/c1-10-6-12(11(2)27-16-4-5-17(24)28-19(16)21(33)34)18-13(7-10)20(32)30(3)22(29-18)31-8-14-15(9-31)23(14,25)26/h4-7,11,14-15,27H,8-9H2,1-3H3,(H,33,34). The predicted octanol–water partition coefficient (Wildman–Crippen LogP) is 3.86. The fourth-order valence-electron chi connectivity index (χ4n) is 4.85.